The molecule has 1 fully saturated rings. The molecule has 0 saturated carbocycles. The molecular weight excluding hydrogens is 456 g/mol. The van der Waals surface area contributed by atoms with Crippen LogP contribution in [-0.4, -0.2) is 60.5 Å². The van der Waals surface area contributed by atoms with E-state index in [1.165, 1.54) is 4.68 Å². The molecule has 0 N–H and O–H groups in total. The number of fused-ring (bicyclic) bond motifs is 1. The van der Waals surface area contributed by atoms with Gasteiger partial charge in [0, 0.05) is 37.3 Å². The minimum absolute atomic E-state index is 0.180. The maximum Gasteiger partial charge on any atom is 0.279 e. The summed E-state index contributed by atoms with van der Waals surface area (Å²) in [6.45, 7) is 4.99. The van der Waals surface area contributed by atoms with Crippen molar-refractivity contribution < 1.29 is 14.3 Å². The van der Waals surface area contributed by atoms with Crippen molar-refractivity contribution in [1.82, 2.24) is 14.7 Å². The van der Waals surface area contributed by atoms with Crippen LogP contribution in [0.5, 0.6) is 11.5 Å². The highest BCUT2D eigenvalue weighted by molar-refractivity contribution is 6.05. The number of piperazine rings is 1. The molecule has 3 aromatic carbocycles. The van der Waals surface area contributed by atoms with Crippen LogP contribution < -0.4 is 19.9 Å². The molecule has 0 atom stereocenters. The number of rotatable bonds is 6. The quantitative estimate of drug-likeness (QED) is 0.415. The Morgan fingerprint density at radius 1 is 0.833 bits per heavy atom. The first-order chi connectivity index (χ1) is 17.6. The lowest BCUT2D eigenvalue weighted by atomic mass is 10.1. The van der Waals surface area contributed by atoms with E-state index in [1.807, 2.05) is 42.2 Å². The molecule has 1 aliphatic heterocycles. The van der Waals surface area contributed by atoms with Gasteiger partial charge in [-0.15, -0.1) is 0 Å². The number of anilines is 1. The fourth-order valence-corrected chi connectivity index (χ4v) is 4.48. The third kappa shape index (κ3) is 4.49. The van der Waals surface area contributed by atoms with Gasteiger partial charge < -0.3 is 19.3 Å². The van der Waals surface area contributed by atoms with Crippen LogP contribution >= 0.6 is 0 Å². The molecule has 8 heteroatoms. The molecule has 184 valence electrons. The van der Waals surface area contributed by atoms with Crippen molar-refractivity contribution in [3.63, 3.8) is 0 Å². The van der Waals surface area contributed by atoms with Gasteiger partial charge in [0.05, 0.1) is 24.8 Å². The third-order valence-electron chi connectivity index (χ3n) is 6.40. The molecule has 36 heavy (non-hydrogen) atoms. The Balaban J connectivity index is 1.43. The number of benzene rings is 3. The van der Waals surface area contributed by atoms with Gasteiger partial charge in [-0.1, -0.05) is 18.2 Å². The summed E-state index contributed by atoms with van der Waals surface area (Å²) in [5.74, 6) is 1.34. The van der Waals surface area contributed by atoms with Gasteiger partial charge in [-0.05, 0) is 61.5 Å². The fourth-order valence-electron chi connectivity index (χ4n) is 4.48. The smallest absolute Gasteiger partial charge is 0.279 e. The van der Waals surface area contributed by atoms with Gasteiger partial charge in [-0.3, -0.25) is 9.59 Å². The van der Waals surface area contributed by atoms with Crippen molar-refractivity contribution in [2.45, 2.75) is 6.92 Å². The van der Waals surface area contributed by atoms with E-state index in [4.69, 9.17) is 9.47 Å². The number of ether oxygens (including phenoxy) is 2. The molecule has 0 unspecified atom stereocenters. The molecule has 2 heterocycles. The van der Waals surface area contributed by atoms with Crippen LogP contribution in [-0.2, 0) is 0 Å². The molecule has 1 saturated heterocycles. The Hall–Kier alpha value is -4.33. The first-order valence-electron chi connectivity index (χ1n) is 12.0. The zero-order valence-electron chi connectivity index (χ0n) is 20.4. The van der Waals surface area contributed by atoms with Crippen LogP contribution in [0.15, 0.2) is 77.6 Å². The fraction of sp³-hybridized carbons (Fsp3) is 0.250. The van der Waals surface area contributed by atoms with E-state index < -0.39 is 0 Å². The zero-order valence-corrected chi connectivity index (χ0v) is 20.4. The predicted molar refractivity (Wildman–Crippen MR) is 140 cm³/mol. The van der Waals surface area contributed by atoms with E-state index >= 15 is 0 Å². The number of carbonyl (C=O) groups excluding carboxylic acids is 1. The maximum atomic E-state index is 13.7. The van der Waals surface area contributed by atoms with Gasteiger partial charge in [-0.25, -0.2) is 0 Å². The zero-order chi connectivity index (χ0) is 25.1. The Morgan fingerprint density at radius 3 is 2.08 bits per heavy atom. The van der Waals surface area contributed by atoms with Gasteiger partial charge in [0.1, 0.15) is 11.5 Å². The molecule has 0 radical (unpaired) electrons. The van der Waals surface area contributed by atoms with Crippen molar-refractivity contribution in [1.29, 1.82) is 0 Å². The number of nitrogens with zero attached hydrogens (tertiary/aromatic N) is 4. The summed E-state index contributed by atoms with van der Waals surface area (Å²) in [5, 5.41) is 5.58. The number of hydrogen-bond acceptors (Lipinski definition) is 6. The topological polar surface area (TPSA) is 76.9 Å². The highest BCUT2D eigenvalue weighted by Gasteiger charge is 2.26. The first kappa shape index (κ1) is 23.4. The summed E-state index contributed by atoms with van der Waals surface area (Å²) in [7, 11) is 1.65. The number of amides is 1. The van der Waals surface area contributed by atoms with Gasteiger partial charge in [-0.2, -0.15) is 9.78 Å². The molecule has 8 nitrogen and oxygen atoms in total. The molecule has 0 aliphatic carbocycles. The van der Waals surface area contributed by atoms with Crippen LogP contribution in [0.4, 0.5) is 5.69 Å². The molecule has 0 bridgehead atoms. The second-order valence-electron chi connectivity index (χ2n) is 8.52. The third-order valence-corrected chi connectivity index (χ3v) is 6.40. The number of methoxy groups -OCH3 is 1. The Kier molecular flexibility index (Phi) is 6.58. The van der Waals surface area contributed by atoms with E-state index in [-0.39, 0.29) is 17.2 Å². The van der Waals surface area contributed by atoms with E-state index in [0.29, 0.717) is 55.0 Å². The lowest BCUT2D eigenvalue weighted by molar-refractivity contribution is 0.0741. The second kappa shape index (κ2) is 10.1. The van der Waals surface area contributed by atoms with Crippen LogP contribution in [0.1, 0.15) is 17.4 Å². The largest absolute Gasteiger partial charge is 0.497 e. The molecule has 1 aliphatic rings. The van der Waals surface area contributed by atoms with Crippen LogP contribution in [0.2, 0.25) is 0 Å². The van der Waals surface area contributed by atoms with Crippen molar-refractivity contribution >= 4 is 22.4 Å². The summed E-state index contributed by atoms with van der Waals surface area (Å²) in [5.41, 5.74) is 1.68. The van der Waals surface area contributed by atoms with Crippen LogP contribution in [0.25, 0.3) is 16.5 Å². The van der Waals surface area contributed by atoms with E-state index in [1.54, 1.807) is 49.6 Å². The average Bonchev–Trinajstić information content (AvgIpc) is 2.94. The van der Waals surface area contributed by atoms with Crippen molar-refractivity contribution in [2.75, 3.05) is 44.8 Å². The minimum Gasteiger partial charge on any atom is -0.497 e. The van der Waals surface area contributed by atoms with Gasteiger partial charge >= 0.3 is 0 Å². The van der Waals surface area contributed by atoms with E-state index in [0.717, 1.165) is 11.4 Å². The Bertz CT molecular complexity index is 1420. The van der Waals surface area contributed by atoms with E-state index in [2.05, 4.69) is 10.00 Å². The van der Waals surface area contributed by atoms with Gasteiger partial charge in [0.15, 0.2) is 5.69 Å². The standard InChI is InChI=1S/C28H28N4O4/c1-3-36-23-14-10-21(11-15-23)32-27(33)25-7-5-4-6-24(25)26(29-32)28(34)31-18-16-30(17-19-31)20-8-12-22(35-2)13-9-20/h4-15H,3,16-19H2,1-2H3. The molecule has 0 spiro atoms. The van der Waals surface area contributed by atoms with Gasteiger partial charge in [0.25, 0.3) is 11.5 Å². The Labute approximate surface area is 209 Å². The highest BCUT2D eigenvalue weighted by atomic mass is 16.5. The van der Waals surface area contributed by atoms with Gasteiger partial charge in [0.2, 0.25) is 0 Å². The van der Waals surface area contributed by atoms with Crippen molar-refractivity contribution in [3.05, 3.63) is 88.8 Å². The second-order valence-corrected chi connectivity index (χ2v) is 8.52. The monoisotopic (exact) mass is 484 g/mol. The number of carbonyl (C=O) groups is 1. The lowest BCUT2D eigenvalue weighted by Crippen LogP contribution is -2.49. The van der Waals surface area contributed by atoms with Crippen molar-refractivity contribution in [3.8, 4) is 17.2 Å². The lowest BCUT2D eigenvalue weighted by Gasteiger charge is -2.36. The van der Waals surface area contributed by atoms with Crippen LogP contribution in [0, 0.1) is 0 Å². The first-order valence-corrected chi connectivity index (χ1v) is 12.0. The normalized spacial score (nSPS) is 13.6. The maximum absolute atomic E-state index is 13.7. The van der Waals surface area contributed by atoms with Crippen LogP contribution in [0.3, 0.4) is 0 Å². The average molecular weight is 485 g/mol. The van der Waals surface area contributed by atoms with Crippen molar-refractivity contribution in [2.24, 2.45) is 0 Å². The molecule has 5 rings (SSSR count). The summed E-state index contributed by atoms with van der Waals surface area (Å²) in [6, 6.07) is 22.2. The summed E-state index contributed by atoms with van der Waals surface area (Å²) >= 11 is 0. The molecule has 4 aromatic rings. The summed E-state index contributed by atoms with van der Waals surface area (Å²) in [4.78, 5) is 31.0. The molecule has 1 amide bonds. The predicted octanol–water partition coefficient (Wildman–Crippen LogP) is 3.76. The SMILES string of the molecule is CCOc1ccc(-n2nc(C(=O)N3CCN(c4ccc(OC)cc4)CC3)c3ccccc3c2=O)cc1. The number of hydrogen-bond donors (Lipinski definition) is 0. The summed E-state index contributed by atoms with van der Waals surface area (Å²) in [6.07, 6.45) is 0. The minimum atomic E-state index is -0.268. The van der Waals surface area contributed by atoms with E-state index in [9.17, 15) is 9.59 Å². The highest BCUT2D eigenvalue weighted by Crippen LogP contribution is 2.23. The Morgan fingerprint density at radius 2 is 1.44 bits per heavy atom. The molecular formula is C28H28N4O4. The summed E-state index contributed by atoms with van der Waals surface area (Å²) < 4.78 is 12.1. The molecule has 1 aromatic heterocycles. The number of aromatic nitrogens is 2.